The SMILES string of the molecule is O=[N+]([O-])c1cc(F)c(Cl)cc1OC1CCC(CO)CC1. The minimum absolute atomic E-state index is 0.00570. The van der Waals surface area contributed by atoms with Crippen molar-refractivity contribution in [3.8, 4) is 5.75 Å². The molecule has 0 aliphatic heterocycles. The molecule has 20 heavy (non-hydrogen) atoms. The highest BCUT2D eigenvalue weighted by Crippen LogP contribution is 2.35. The van der Waals surface area contributed by atoms with Gasteiger partial charge in [-0.05, 0) is 31.6 Å². The Bertz CT molecular complexity index is 503. The number of aliphatic hydroxyl groups excluding tert-OH is 1. The van der Waals surface area contributed by atoms with Crippen molar-refractivity contribution in [2.24, 2.45) is 5.92 Å². The molecule has 0 saturated heterocycles. The number of rotatable bonds is 4. The summed E-state index contributed by atoms with van der Waals surface area (Å²) in [5, 5.41) is 19.8. The largest absolute Gasteiger partial charge is 0.483 e. The lowest BCUT2D eigenvalue weighted by atomic mass is 9.88. The monoisotopic (exact) mass is 303 g/mol. The first kappa shape index (κ1) is 15.0. The first-order valence-corrected chi connectivity index (χ1v) is 6.80. The minimum Gasteiger partial charge on any atom is -0.483 e. The molecule has 0 spiro atoms. The van der Waals surface area contributed by atoms with Crippen LogP contribution in [0.4, 0.5) is 10.1 Å². The maximum Gasteiger partial charge on any atom is 0.313 e. The number of ether oxygens (including phenoxy) is 1. The van der Waals surface area contributed by atoms with Gasteiger partial charge in [0.1, 0.15) is 5.82 Å². The van der Waals surface area contributed by atoms with Crippen LogP contribution in [0.15, 0.2) is 12.1 Å². The second-order valence-electron chi connectivity index (χ2n) is 4.93. The van der Waals surface area contributed by atoms with E-state index >= 15 is 0 Å². The van der Waals surface area contributed by atoms with Crippen molar-refractivity contribution in [1.82, 2.24) is 0 Å². The third kappa shape index (κ3) is 3.37. The van der Waals surface area contributed by atoms with Gasteiger partial charge < -0.3 is 9.84 Å². The molecule has 1 aliphatic carbocycles. The molecule has 0 amide bonds. The van der Waals surface area contributed by atoms with Gasteiger partial charge in [0.05, 0.1) is 22.1 Å². The first-order chi connectivity index (χ1) is 9.51. The zero-order chi connectivity index (χ0) is 14.7. The van der Waals surface area contributed by atoms with Crippen molar-refractivity contribution < 1.29 is 19.2 Å². The van der Waals surface area contributed by atoms with E-state index in [4.69, 9.17) is 21.4 Å². The van der Waals surface area contributed by atoms with Crippen LogP contribution in [0.25, 0.3) is 0 Å². The minimum atomic E-state index is -0.838. The number of benzene rings is 1. The van der Waals surface area contributed by atoms with Crippen LogP contribution in [0, 0.1) is 21.8 Å². The third-order valence-corrected chi connectivity index (χ3v) is 3.83. The molecule has 1 fully saturated rings. The Morgan fingerprint density at radius 1 is 1.40 bits per heavy atom. The topological polar surface area (TPSA) is 72.6 Å². The Kier molecular flexibility index (Phi) is 4.77. The summed E-state index contributed by atoms with van der Waals surface area (Å²) in [6.45, 7) is 0.148. The molecule has 1 saturated carbocycles. The Morgan fingerprint density at radius 3 is 2.60 bits per heavy atom. The maximum atomic E-state index is 13.3. The van der Waals surface area contributed by atoms with E-state index in [-0.39, 0.29) is 29.4 Å². The molecule has 0 radical (unpaired) electrons. The molecule has 0 unspecified atom stereocenters. The van der Waals surface area contributed by atoms with Crippen LogP contribution in [-0.2, 0) is 0 Å². The van der Waals surface area contributed by atoms with Crippen LogP contribution in [0.5, 0.6) is 5.75 Å². The molecule has 0 heterocycles. The molecule has 0 aromatic heterocycles. The van der Waals surface area contributed by atoms with E-state index in [1.165, 1.54) is 0 Å². The summed E-state index contributed by atoms with van der Waals surface area (Å²) < 4.78 is 18.9. The van der Waals surface area contributed by atoms with Crippen LogP contribution in [-0.4, -0.2) is 22.7 Å². The summed E-state index contributed by atoms with van der Waals surface area (Å²) in [4.78, 5) is 10.2. The van der Waals surface area contributed by atoms with Gasteiger partial charge in [0.2, 0.25) is 0 Å². The zero-order valence-electron chi connectivity index (χ0n) is 10.7. The van der Waals surface area contributed by atoms with Crippen LogP contribution < -0.4 is 4.74 Å². The Hall–Kier alpha value is -1.40. The van der Waals surface area contributed by atoms with Crippen molar-refractivity contribution in [2.75, 3.05) is 6.61 Å². The predicted molar refractivity (Wildman–Crippen MR) is 71.5 cm³/mol. The van der Waals surface area contributed by atoms with E-state index in [1.807, 2.05) is 0 Å². The summed E-state index contributed by atoms with van der Waals surface area (Å²) in [6.07, 6.45) is 2.86. The van der Waals surface area contributed by atoms with E-state index in [9.17, 15) is 14.5 Å². The Morgan fingerprint density at radius 2 is 2.05 bits per heavy atom. The number of nitro benzene ring substituents is 1. The summed E-state index contributed by atoms with van der Waals surface area (Å²) in [5.41, 5.74) is -0.420. The zero-order valence-corrected chi connectivity index (χ0v) is 11.5. The first-order valence-electron chi connectivity index (χ1n) is 6.42. The highest BCUT2D eigenvalue weighted by molar-refractivity contribution is 6.31. The van der Waals surface area contributed by atoms with Gasteiger partial charge in [0.25, 0.3) is 0 Å². The number of hydrogen-bond acceptors (Lipinski definition) is 4. The van der Waals surface area contributed by atoms with E-state index < -0.39 is 16.4 Å². The lowest BCUT2D eigenvalue weighted by Gasteiger charge is -2.27. The lowest BCUT2D eigenvalue weighted by molar-refractivity contribution is -0.386. The number of nitro groups is 1. The molecule has 1 aromatic carbocycles. The number of aliphatic hydroxyl groups is 1. The quantitative estimate of drug-likeness (QED) is 0.684. The van der Waals surface area contributed by atoms with Crippen molar-refractivity contribution >= 4 is 17.3 Å². The van der Waals surface area contributed by atoms with E-state index in [1.54, 1.807) is 0 Å². The standard InChI is InChI=1S/C13H15ClFNO4/c14-10-5-13(12(16(18)19)6-11(10)15)20-9-3-1-8(7-17)2-4-9/h5-6,8-9,17H,1-4,7H2. The fourth-order valence-electron chi connectivity index (χ4n) is 2.37. The average molecular weight is 304 g/mol. The van der Waals surface area contributed by atoms with E-state index in [0.717, 1.165) is 25.0 Å². The Labute approximate surface area is 120 Å². The molecule has 1 aliphatic rings. The van der Waals surface area contributed by atoms with Crippen LogP contribution in [0.2, 0.25) is 5.02 Å². The molecule has 0 atom stereocenters. The third-order valence-electron chi connectivity index (χ3n) is 3.54. The molecule has 5 nitrogen and oxygen atoms in total. The molecule has 0 bridgehead atoms. The van der Waals surface area contributed by atoms with Crippen LogP contribution >= 0.6 is 11.6 Å². The van der Waals surface area contributed by atoms with Crippen molar-refractivity contribution in [3.05, 3.63) is 33.1 Å². The van der Waals surface area contributed by atoms with Crippen molar-refractivity contribution in [1.29, 1.82) is 0 Å². The van der Waals surface area contributed by atoms with Crippen LogP contribution in [0.3, 0.4) is 0 Å². The number of nitrogens with zero attached hydrogens (tertiary/aromatic N) is 1. The van der Waals surface area contributed by atoms with Gasteiger partial charge >= 0.3 is 5.69 Å². The Balaban J connectivity index is 2.13. The second kappa shape index (κ2) is 6.37. The van der Waals surface area contributed by atoms with Gasteiger partial charge in [-0.1, -0.05) is 11.6 Å². The fraction of sp³-hybridized carbons (Fsp3) is 0.538. The van der Waals surface area contributed by atoms with E-state index in [2.05, 4.69) is 0 Å². The number of halogens is 2. The summed E-state index contributed by atoms with van der Waals surface area (Å²) in [7, 11) is 0. The lowest BCUT2D eigenvalue weighted by Crippen LogP contribution is -2.25. The van der Waals surface area contributed by atoms with Gasteiger partial charge in [-0.3, -0.25) is 10.1 Å². The normalized spacial score (nSPS) is 22.6. The molecule has 1 N–H and O–H groups in total. The van der Waals surface area contributed by atoms with Gasteiger partial charge in [-0.15, -0.1) is 0 Å². The average Bonchev–Trinajstić information content (AvgIpc) is 2.43. The molecule has 1 aromatic rings. The summed E-state index contributed by atoms with van der Waals surface area (Å²) in [5.74, 6) is -0.579. The molecular formula is C13H15ClFNO4. The van der Waals surface area contributed by atoms with Gasteiger partial charge in [0.15, 0.2) is 5.75 Å². The summed E-state index contributed by atoms with van der Waals surface area (Å²) >= 11 is 5.64. The second-order valence-corrected chi connectivity index (χ2v) is 5.34. The molecule has 7 heteroatoms. The van der Waals surface area contributed by atoms with Crippen LogP contribution in [0.1, 0.15) is 25.7 Å². The highest BCUT2D eigenvalue weighted by atomic mass is 35.5. The fourth-order valence-corrected chi connectivity index (χ4v) is 2.52. The predicted octanol–water partition coefficient (Wildman–Crippen LogP) is 3.32. The maximum absolute atomic E-state index is 13.3. The van der Waals surface area contributed by atoms with Gasteiger partial charge in [-0.2, -0.15) is 0 Å². The molecule has 2 rings (SSSR count). The summed E-state index contributed by atoms with van der Waals surface area (Å²) in [6, 6.07) is 1.92. The van der Waals surface area contributed by atoms with Crippen molar-refractivity contribution in [3.63, 3.8) is 0 Å². The number of hydrogen-bond donors (Lipinski definition) is 1. The molecule has 110 valence electrons. The van der Waals surface area contributed by atoms with Gasteiger partial charge in [0, 0.05) is 12.7 Å². The smallest absolute Gasteiger partial charge is 0.313 e. The van der Waals surface area contributed by atoms with E-state index in [0.29, 0.717) is 12.8 Å². The highest BCUT2D eigenvalue weighted by Gasteiger charge is 2.26. The van der Waals surface area contributed by atoms with Crippen molar-refractivity contribution in [2.45, 2.75) is 31.8 Å². The molecular weight excluding hydrogens is 289 g/mol. The van der Waals surface area contributed by atoms with Gasteiger partial charge in [-0.25, -0.2) is 4.39 Å².